The number of nitrogens with zero attached hydrogens (tertiary/aromatic N) is 3. The van der Waals surface area contributed by atoms with Crippen molar-refractivity contribution >= 4 is 5.91 Å². The van der Waals surface area contributed by atoms with Crippen LogP contribution < -0.4 is 0 Å². The number of benzene rings is 1. The van der Waals surface area contributed by atoms with Crippen LogP contribution in [0.15, 0.2) is 36.7 Å². The highest BCUT2D eigenvalue weighted by atomic mass is 19.1. The molecule has 25 heavy (non-hydrogen) atoms. The highest BCUT2D eigenvalue weighted by Gasteiger charge is 2.33. The van der Waals surface area contributed by atoms with Gasteiger partial charge in [-0.1, -0.05) is 18.6 Å². The van der Waals surface area contributed by atoms with Gasteiger partial charge in [0.05, 0.1) is 6.54 Å². The lowest BCUT2D eigenvalue weighted by molar-refractivity contribution is -0.139. The Morgan fingerprint density at radius 3 is 2.80 bits per heavy atom. The Balaban J connectivity index is 1.48. The van der Waals surface area contributed by atoms with Crippen molar-refractivity contribution < 1.29 is 9.18 Å². The summed E-state index contributed by atoms with van der Waals surface area (Å²) in [5.41, 5.74) is 0.901. The SMILES string of the molecule is O=C(C1CCC1)N(Cc1nccn1Cc1cccc(F)c1)CC1CC1. The molecule has 4 rings (SSSR count). The van der Waals surface area contributed by atoms with Crippen LogP contribution in [0.3, 0.4) is 0 Å². The second-order valence-corrected chi connectivity index (χ2v) is 7.39. The third-order valence-electron chi connectivity index (χ3n) is 5.32. The van der Waals surface area contributed by atoms with E-state index in [0.29, 0.717) is 24.9 Å². The fraction of sp³-hybridized carbons (Fsp3) is 0.500. The second-order valence-electron chi connectivity index (χ2n) is 7.39. The van der Waals surface area contributed by atoms with Gasteiger partial charge in [0.25, 0.3) is 0 Å². The third-order valence-corrected chi connectivity index (χ3v) is 5.32. The van der Waals surface area contributed by atoms with Crippen LogP contribution >= 0.6 is 0 Å². The first-order valence-corrected chi connectivity index (χ1v) is 9.22. The van der Waals surface area contributed by atoms with Gasteiger partial charge < -0.3 is 9.47 Å². The number of rotatable bonds is 7. The molecule has 1 aromatic carbocycles. The molecule has 0 saturated heterocycles. The van der Waals surface area contributed by atoms with Crippen LogP contribution in [0.5, 0.6) is 0 Å². The fourth-order valence-corrected chi connectivity index (χ4v) is 3.40. The fourth-order valence-electron chi connectivity index (χ4n) is 3.40. The Morgan fingerprint density at radius 1 is 1.28 bits per heavy atom. The van der Waals surface area contributed by atoms with Crippen molar-refractivity contribution in [1.82, 2.24) is 14.5 Å². The van der Waals surface area contributed by atoms with E-state index in [1.54, 1.807) is 18.3 Å². The van der Waals surface area contributed by atoms with E-state index >= 15 is 0 Å². The van der Waals surface area contributed by atoms with Crippen LogP contribution in [-0.2, 0) is 17.9 Å². The van der Waals surface area contributed by atoms with Crippen molar-refractivity contribution in [3.63, 3.8) is 0 Å². The molecule has 0 unspecified atom stereocenters. The summed E-state index contributed by atoms with van der Waals surface area (Å²) in [6.45, 7) is 1.97. The average molecular weight is 341 g/mol. The first-order chi connectivity index (χ1) is 12.2. The Morgan fingerprint density at radius 2 is 2.12 bits per heavy atom. The minimum atomic E-state index is -0.227. The number of carbonyl (C=O) groups excluding carboxylic acids is 1. The number of aromatic nitrogens is 2. The molecular formula is C20H24FN3O. The molecule has 4 nitrogen and oxygen atoms in total. The lowest BCUT2D eigenvalue weighted by Gasteiger charge is -2.31. The predicted molar refractivity (Wildman–Crippen MR) is 93.2 cm³/mol. The molecule has 0 atom stereocenters. The van der Waals surface area contributed by atoms with Gasteiger partial charge in [-0.3, -0.25) is 4.79 Å². The second kappa shape index (κ2) is 6.98. The minimum Gasteiger partial charge on any atom is -0.335 e. The molecule has 1 aromatic heterocycles. The zero-order valence-corrected chi connectivity index (χ0v) is 14.4. The standard InChI is InChI=1S/C20H24FN3O/c21-18-6-1-3-16(11-18)13-23-10-9-22-19(23)14-24(12-15-7-8-15)20(25)17-4-2-5-17/h1,3,6,9-11,15,17H,2,4-5,7-8,12-14H2. The van der Waals surface area contributed by atoms with Crippen LogP contribution in [0.1, 0.15) is 43.5 Å². The summed E-state index contributed by atoms with van der Waals surface area (Å²) >= 11 is 0. The van der Waals surface area contributed by atoms with Gasteiger partial charge in [0, 0.05) is 31.4 Å². The normalized spacial score (nSPS) is 17.3. The molecule has 2 aliphatic rings. The van der Waals surface area contributed by atoms with Gasteiger partial charge in [-0.2, -0.15) is 0 Å². The molecule has 0 radical (unpaired) electrons. The van der Waals surface area contributed by atoms with Crippen molar-refractivity contribution in [3.05, 3.63) is 53.9 Å². The quantitative estimate of drug-likeness (QED) is 0.772. The topological polar surface area (TPSA) is 38.1 Å². The summed E-state index contributed by atoms with van der Waals surface area (Å²) in [4.78, 5) is 19.2. The van der Waals surface area contributed by atoms with E-state index in [1.165, 1.54) is 25.3 Å². The number of amides is 1. The van der Waals surface area contributed by atoms with Crippen LogP contribution in [0.4, 0.5) is 4.39 Å². The molecule has 2 saturated carbocycles. The number of hydrogen-bond donors (Lipinski definition) is 0. The van der Waals surface area contributed by atoms with Crippen LogP contribution in [0, 0.1) is 17.7 Å². The number of imidazole rings is 1. The van der Waals surface area contributed by atoms with E-state index in [-0.39, 0.29) is 11.7 Å². The highest BCUT2D eigenvalue weighted by Crippen LogP contribution is 2.33. The predicted octanol–water partition coefficient (Wildman–Crippen LogP) is 3.61. The van der Waals surface area contributed by atoms with E-state index < -0.39 is 0 Å². The smallest absolute Gasteiger partial charge is 0.226 e. The molecular weight excluding hydrogens is 317 g/mol. The van der Waals surface area contributed by atoms with Gasteiger partial charge >= 0.3 is 0 Å². The van der Waals surface area contributed by atoms with E-state index in [1.807, 2.05) is 21.7 Å². The first-order valence-electron chi connectivity index (χ1n) is 9.22. The number of hydrogen-bond acceptors (Lipinski definition) is 2. The van der Waals surface area contributed by atoms with E-state index in [2.05, 4.69) is 4.98 Å². The third kappa shape index (κ3) is 3.91. The maximum absolute atomic E-state index is 13.4. The van der Waals surface area contributed by atoms with Gasteiger partial charge in [0.2, 0.25) is 5.91 Å². The first kappa shape index (κ1) is 16.3. The monoisotopic (exact) mass is 341 g/mol. The van der Waals surface area contributed by atoms with E-state index in [4.69, 9.17) is 0 Å². The van der Waals surface area contributed by atoms with Crippen molar-refractivity contribution in [2.24, 2.45) is 11.8 Å². The van der Waals surface area contributed by atoms with Crippen LogP contribution in [0.25, 0.3) is 0 Å². The Hall–Kier alpha value is -2.17. The molecule has 1 amide bonds. The van der Waals surface area contributed by atoms with E-state index in [0.717, 1.165) is 30.8 Å². The Bertz CT molecular complexity index is 749. The Kier molecular flexibility index (Phi) is 4.55. The maximum atomic E-state index is 13.4. The molecule has 2 aromatic rings. The summed E-state index contributed by atoms with van der Waals surface area (Å²) in [7, 11) is 0. The zero-order valence-electron chi connectivity index (χ0n) is 14.4. The Labute approximate surface area is 147 Å². The summed E-state index contributed by atoms with van der Waals surface area (Å²) < 4.78 is 15.4. The molecule has 1 heterocycles. The van der Waals surface area contributed by atoms with Crippen molar-refractivity contribution in [2.75, 3.05) is 6.54 Å². The molecule has 0 spiro atoms. The van der Waals surface area contributed by atoms with Crippen molar-refractivity contribution in [1.29, 1.82) is 0 Å². The lowest BCUT2D eigenvalue weighted by atomic mass is 9.84. The highest BCUT2D eigenvalue weighted by molar-refractivity contribution is 5.79. The number of halogens is 1. The maximum Gasteiger partial charge on any atom is 0.226 e. The van der Waals surface area contributed by atoms with Gasteiger partial charge in [-0.15, -0.1) is 0 Å². The molecule has 5 heteroatoms. The minimum absolute atomic E-state index is 0.213. The largest absolute Gasteiger partial charge is 0.335 e. The molecule has 0 aliphatic heterocycles. The summed E-state index contributed by atoms with van der Waals surface area (Å²) in [6.07, 6.45) is 9.34. The summed E-state index contributed by atoms with van der Waals surface area (Å²) in [5, 5.41) is 0. The van der Waals surface area contributed by atoms with Gasteiger partial charge in [0.15, 0.2) is 0 Å². The molecule has 132 valence electrons. The zero-order chi connectivity index (χ0) is 17.2. The molecule has 0 N–H and O–H groups in total. The van der Waals surface area contributed by atoms with Crippen LogP contribution in [0.2, 0.25) is 0 Å². The van der Waals surface area contributed by atoms with Gasteiger partial charge in [-0.25, -0.2) is 9.37 Å². The lowest BCUT2D eigenvalue weighted by Crippen LogP contribution is -2.40. The van der Waals surface area contributed by atoms with Crippen LogP contribution in [-0.4, -0.2) is 26.9 Å². The molecule has 0 bridgehead atoms. The van der Waals surface area contributed by atoms with Crippen molar-refractivity contribution in [3.8, 4) is 0 Å². The summed E-state index contributed by atoms with van der Waals surface area (Å²) in [6, 6.07) is 6.63. The molecule has 2 aliphatic carbocycles. The van der Waals surface area contributed by atoms with Crippen molar-refractivity contribution in [2.45, 2.75) is 45.2 Å². The van der Waals surface area contributed by atoms with Gasteiger partial charge in [-0.05, 0) is 49.3 Å². The van der Waals surface area contributed by atoms with E-state index in [9.17, 15) is 9.18 Å². The van der Waals surface area contributed by atoms with Gasteiger partial charge in [0.1, 0.15) is 11.6 Å². The number of carbonyl (C=O) groups is 1. The summed E-state index contributed by atoms with van der Waals surface area (Å²) in [5.74, 6) is 1.81. The average Bonchev–Trinajstić information content (AvgIpc) is 3.25. The molecule has 2 fully saturated rings.